The molecule has 3 nitrogen and oxygen atoms in total. The van der Waals surface area contributed by atoms with E-state index in [1.807, 2.05) is 30.6 Å². The molecular formula is C31H39Cl3N3V. The van der Waals surface area contributed by atoms with E-state index in [9.17, 15) is 0 Å². The van der Waals surface area contributed by atoms with E-state index in [1.54, 1.807) is 0 Å². The van der Waals surface area contributed by atoms with E-state index in [0.717, 1.165) is 61.3 Å². The summed E-state index contributed by atoms with van der Waals surface area (Å²) in [6.07, 6.45) is 9.78. The summed E-state index contributed by atoms with van der Waals surface area (Å²) in [5.41, 5.74) is 11.9. The minimum atomic E-state index is 0. The van der Waals surface area contributed by atoms with Gasteiger partial charge in [0.25, 0.3) is 0 Å². The van der Waals surface area contributed by atoms with Crippen molar-refractivity contribution in [1.29, 1.82) is 0 Å². The smallest absolute Gasteiger partial charge is 1.00 e. The Balaban J connectivity index is 0. The fraction of sp³-hybridized carbons (Fsp3) is 0.387. The Morgan fingerprint density at radius 1 is 0.553 bits per heavy atom. The van der Waals surface area contributed by atoms with E-state index in [1.165, 1.54) is 33.4 Å². The molecule has 0 unspecified atom stereocenters. The Kier molecular flexibility index (Phi) is 19.7. The molecule has 0 aliphatic heterocycles. The average molecular weight is 611 g/mol. The molecule has 3 aromatic rings. The number of benzene rings is 2. The van der Waals surface area contributed by atoms with Gasteiger partial charge in [0.05, 0.1) is 35.2 Å². The Bertz CT molecular complexity index is 1050. The first-order valence-corrected chi connectivity index (χ1v) is 12.9. The van der Waals surface area contributed by atoms with Crippen LogP contribution < -0.4 is 37.2 Å². The van der Waals surface area contributed by atoms with E-state index in [0.29, 0.717) is 0 Å². The third-order valence-corrected chi connectivity index (χ3v) is 6.44. The molecule has 0 N–H and O–H groups in total. The molecule has 2 aromatic carbocycles. The van der Waals surface area contributed by atoms with Gasteiger partial charge in [-0.25, -0.2) is 4.98 Å². The summed E-state index contributed by atoms with van der Waals surface area (Å²) in [6, 6.07) is 15.2. The van der Waals surface area contributed by atoms with Crippen molar-refractivity contribution in [2.75, 3.05) is 0 Å². The second-order valence-electron chi connectivity index (χ2n) is 8.65. The van der Waals surface area contributed by atoms with E-state index < -0.39 is 0 Å². The second kappa shape index (κ2) is 19.4. The zero-order valence-corrected chi connectivity index (χ0v) is 27.0. The maximum atomic E-state index is 4.89. The molecule has 0 bridgehead atoms. The van der Waals surface area contributed by atoms with Gasteiger partial charge >= 0.3 is 18.6 Å². The van der Waals surface area contributed by atoms with E-state index in [-0.39, 0.29) is 55.8 Å². The van der Waals surface area contributed by atoms with Crippen LogP contribution in [0.5, 0.6) is 0 Å². The fourth-order valence-electron chi connectivity index (χ4n) is 4.36. The first kappa shape index (κ1) is 38.5. The van der Waals surface area contributed by atoms with Crippen molar-refractivity contribution < 1.29 is 55.8 Å². The Morgan fingerprint density at radius 2 is 0.868 bits per heavy atom. The number of nitrogens with zero attached hydrogens (tertiary/aromatic N) is 3. The number of aryl methyl sites for hydroxylation is 6. The Morgan fingerprint density at radius 3 is 1.13 bits per heavy atom. The SMILES string of the molecule is CCc1cc(CC)c(N=Cc2cccc(C=Nc3c(CC)cc(CC)cc3CC)n2)c(CC)c1.[Cl-].[Cl-].[Cl-].[V+3]. The van der Waals surface area contributed by atoms with Gasteiger partial charge in [-0.3, -0.25) is 9.98 Å². The number of hydrogen-bond acceptors (Lipinski definition) is 3. The van der Waals surface area contributed by atoms with Gasteiger partial charge in [0.2, 0.25) is 0 Å². The zero-order chi connectivity index (χ0) is 24.5. The van der Waals surface area contributed by atoms with Crippen molar-refractivity contribution in [2.45, 2.75) is 80.1 Å². The summed E-state index contributed by atoms with van der Waals surface area (Å²) in [5, 5.41) is 0. The van der Waals surface area contributed by atoms with Gasteiger partial charge in [-0.2, -0.15) is 0 Å². The summed E-state index contributed by atoms with van der Waals surface area (Å²) < 4.78 is 0. The summed E-state index contributed by atoms with van der Waals surface area (Å²) in [7, 11) is 0. The van der Waals surface area contributed by atoms with Crippen molar-refractivity contribution in [3.63, 3.8) is 0 Å². The average Bonchev–Trinajstić information content (AvgIpc) is 2.89. The van der Waals surface area contributed by atoms with Gasteiger partial charge in [0.1, 0.15) is 0 Å². The molecule has 0 aliphatic carbocycles. The Hall–Kier alpha value is -1.62. The van der Waals surface area contributed by atoms with Crippen LogP contribution in [0.15, 0.2) is 52.4 Å². The molecular weight excluding hydrogens is 572 g/mol. The van der Waals surface area contributed by atoms with Crippen LogP contribution in [0.25, 0.3) is 0 Å². The van der Waals surface area contributed by atoms with Gasteiger partial charge in [0.15, 0.2) is 0 Å². The molecule has 0 fully saturated rings. The molecule has 0 radical (unpaired) electrons. The largest absolute Gasteiger partial charge is 3.00 e. The summed E-state index contributed by atoms with van der Waals surface area (Å²) in [5.74, 6) is 0. The first-order chi connectivity index (χ1) is 16.6. The molecule has 0 spiro atoms. The second-order valence-corrected chi connectivity index (χ2v) is 8.65. The molecule has 3 rings (SSSR count). The van der Waals surface area contributed by atoms with Crippen molar-refractivity contribution in [1.82, 2.24) is 4.98 Å². The van der Waals surface area contributed by atoms with Crippen LogP contribution in [0, 0.1) is 0 Å². The standard InChI is InChI=1S/C31H39N3.3ClH.V/c1-7-22-16-24(9-3)30(25(10-4)17-22)32-20-28-14-13-15-29(34-28)21-33-31-26(11-5)18-23(8-2)19-27(31)12-6;;;;/h13-21H,7-12H2,1-6H3;3*1H;/q;;;;+3/p-3. The van der Waals surface area contributed by atoms with Crippen molar-refractivity contribution in [2.24, 2.45) is 9.98 Å². The van der Waals surface area contributed by atoms with Crippen molar-refractivity contribution in [3.8, 4) is 0 Å². The van der Waals surface area contributed by atoms with Crippen LogP contribution >= 0.6 is 0 Å². The van der Waals surface area contributed by atoms with Crippen molar-refractivity contribution in [3.05, 3.63) is 87.2 Å². The first-order valence-electron chi connectivity index (χ1n) is 12.9. The predicted octanol–water partition coefficient (Wildman–Crippen LogP) is -1.03. The van der Waals surface area contributed by atoms with Gasteiger partial charge in [-0.1, -0.05) is 71.9 Å². The van der Waals surface area contributed by atoms with Crippen LogP contribution in [0.1, 0.15) is 86.3 Å². The molecule has 0 saturated carbocycles. The van der Waals surface area contributed by atoms with Crippen LogP contribution in [-0.2, 0) is 57.1 Å². The van der Waals surface area contributed by atoms with Crippen LogP contribution in [0.2, 0.25) is 0 Å². The number of hydrogen-bond donors (Lipinski definition) is 0. The maximum absolute atomic E-state index is 4.89. The normalized spacial score (nSPS) is 10.5. The summed E-state index contributed by atoms with van der Waals surface area (Å²) in [6.45, 7) is 13.2. The minimum absolute atomic E-state index is 0. The molecule has 0 saturated heterocycles. The molecule has 1 heterocycles. The number of aromatic nitrogens is 1. The number of halogens is 3. The molecule has 204 valence electrons. The topological polar surface area (TPSA) is 37.6 Å². The van der Waals surface area contributed by atoms with E-state index in [2.05, 4.69) is 65.8 Å². The number of pyridine rings is 1. The van der Waals surface area contributed by atoms with Gasteiger partial charge in [-0.05, 0) is 84.0 Å². The molecule has 0 aliphatic rings. The monoisotopic (exact) mass is 609 g/mol. The van der Waals surface area contributed by atoms with Gasteiger partial charge in [-0.15, -0.1) is 0 Å². The molecule has 7 heteroatoms. The molecule has 0 atom stereocenters. The quantitative estimate of drug-likeness (QED) is 0.271. The third-order valence-electron chi connectivity index (χ3n) is 6.44. The molecule has 1 aromatic heterocycles. The van der Waals surface area contributed by atoms with Crippen LogP contribution in [0.3, 0.4) is 0 Å². The van der Waals surface area contributed by atoms with Crippen LogP contribution in [0.4, 0.5) is 11.4 Å². The number of rotatable bonds is 10. The van der Waals surface area contributed by atoms with E-state index in [4.69, 9.17) is 15.0 Å². The van der Waals surface area contributed by atoms with Gasteiger partial charge in [0, 0.05) is 0 Å². The molecule has 38 heavy (non-hydrogen) atoms. The fourth-order valence-corrected chi connectivity index (χ4v) is 4.36. The summed E-state index contributed by atoms with van der Waals surface area (Å²) >= 11 is 0. The molecule has 0 amide bonds. The van der Waals surface area contributed by atoms with Crippen molar-refractivity contribution >= 4 is 23.8 Å². The number of aliphatic imine (C=N–C) groups is 2. The maximum Gasteiger partial charge on any atom is 3.00 e. The predicted molar refractivity (Wildman–Crippen MR) is 148 cm³/mol. The van der Waals surface area contributed by atoms with E-state index >= 15 is 0 Å². The zero-order valence-electron chi connectivity index (χ0n) is 23.4. The summed E-state index contributed by atoms with van der Waals surface area (Å²) in [4.78, 5) is 14.6. The Labute approximate surface area is 260 Å². The van der Waals surface area contributed by atoms with Gasteiger partial charge < -0.3 is 37.2 Å². The van der Waals surface area contributed by atoms with Crippen LogP contribution in [-0.4, -0.2) is 17.4 Å². The third kappa shape index (κ3) is 9.85. The minimum Gasteiger partial charge on any atom is -1.00 e.